The van der Waals surface area contributed by atoms with Gasteiger partial charge in [0, 0.05) is 12.8 Å². The van der Waals surface area contributed by atoms with Crippen LogP contribution in [0.25, 0.3) is 0 Å². The summed E-state index contributed by atoms with van der Waals surface area (Å²) in [7, 11) is -4.44. The smallest absolute Gasteiger partial charge is 0.361 e. The third-order valence-electron chi connectivity index (χ3n) is 5.34. The summed E-state index contributed by atoms with van der Waals surface area (Å²) in [6, 6.07) is 0. The van der Waals surface area contributed by atoms with Gasteiger partial charge in [0.15, 0.2) is 0 Å². The molecule has 0 unspecified atom stereocenters. The minimum absolute atomic E-state index is 0.0139. The Labute approximate surface area is 155 Å². The van der Waals surface area contributed by atoms with E-state index in [0.717, 1.165) is 0 Å². The zero-order chi connectivity index (χ0) is 20.3. The molecule has 0 heterocycles. The van der Waals surface area contributed by atoms with Gasteiger partial charge in [-0.25, -0.2) is 4.79 Å². The van der Waals surface area contributed by atoms with Gasteiger partial charge in [-0.1, -0.05) is 41.5 Å². The second-order valence-corrected chi connectivity index (χ2v) is 19.1. The summed E-state index contributed by atoms with van der Waals surface area (Å²) < 4.78 is 11.1. The first-order valence-electron chi connectivity index (χ1n) is 8.89. The molecule has 0 bridgehead atoms. The van der Waals surface area contributed by atoms with Gasteiger partial charge in [-0.15, -0.1) is 0 Å². The van der Waals surface area contributed by atoms with Gasteiger partial charge < -0.3 is 8.85 Å². The van der Waals surface area contributed by atoms with E-state index in [1.165, 1.54) is 0 Å². The van der Waals surface area contributed by atoms with Crippen molar-refractivity contribution >= 4 is 34.4 Å². The number of rotatable bonds is 7. The molecule has 0 N–H and O–H groups in total. The molecule has 0 aliphatic rings. The molecule has 0 aromatic heterocycles. The van der Waals surface area contributed by atoms with Crippen molar-refractivity contribution in [3.63, 3.8) is 0 Å². The molecular weight excluding hydrogens is 352 g/mol. The van der Waals surface area contributed by atoms with Crippen molar-refractivity contribution in [3.8, 4) is 0 Å². The Morgan fingerprint density at radius 3 is 1.52 bits per heavy atom. The molecule has 0 saturated carbocycles. The van der Waals surface area contributed by atoms with Crippen molar-refractivity contribution in [1.82, 2.24) is 0 Å². The van der Waals surface area contributed by atoms with Crippen LogP contribution in [0.4, 0.5) is 0 Å². The lowest BCUT2D eigenvalue weighted by molar-refractivity contribution is -0.148. The monoisotopic (exact) mass is 388 g/mol. The molecule has 0 aliphatic carbocycles. The average molecular weight is 389 g/mol. The SMILES string of the molecule is CC(C)(C)[Si](C)(C)OC(=O)CCCC(=O)C(=O)O[Si](C)(C)C(C)(C)C. The summed E-state index contributed by atoms with van der Waals surface area (Å²) >= 11 is 0. The predicted molar refractivity (Wildman–Crippen MR) is 105 cm³/mol. The molecule has 25 heavy (non-hydrogen) atoms. The number of carbonyl (C=O) groups excluding carboxylic acids is 3. The molecular formula is C18H36O5Si2. The van der Waals surface area contributed by atoms with Crippen molar-refractivity contribution in [2.75, 3.05) is 0 Å². The molecule has 0 spiro atoms. The van der Waals surface area contributed by atoms with Crippen LogP contribution in [0.2, 0.25) is 36.3 Å². The number of Topliss-reactive ketones (excluding diaryl/α,β-unsaturated/α-hetero) is 1. The van der Waals surface area contributed by atoms with Crippen molar-refractivity contribution < 1.29 is 23.2 Å². The lowest BCUT2D eigenvalue weighted by Gasteiger charge is -2.35. The van der Waals surface area contributed by atoms with Crippen molar-refractivity contribution in [1.29, 1.82) is 0 Å². The Hall–Kier alpha value is -0.956. The molecule has 0 aliphatic heterocycles. The highest BCUT2D eigenvalue weighted by atomic mass is 28.4. The highest BCUT2D eigenvalue weighted by Gasteiger charge is 2.42. The van der Waals surface area contributed by atoms with Gasteiger partial charge in [-0.05, 0) is 42.7 Å². The Bertz CT molecular complexity index is 511. The Kier molecular flexibility index (Phi) is 7.85. The molecule has 0 amide bonds. The maximum atomic E-state index is 12.0. The van der Waals surface area contributed by atoms with Gasteiger partial charge in [0.1, 0.15) is 0 Å². The summed E-state index contributed by atoms with van der Waals surface area (Å²) in [6.45, 7) is 20.1. The van der Waals surface area contributed by atoms with Gasteiger partial charge in [-0.2, -0.15) is 0 Å². The van der Waals surface area contributed by atoms with Crippen LogP contribution in [0.1, 0.15) is 60.8 Å². The standard InChI is InChI=1S/C18H36O5Si2/c1-17(2,3)24(7,8)22-15(20)13-11-12-14(19)16(21)23-25(9,10)18(4,5)6/h11-13H2,1-10H3. The molecule has 0 aromatic rings. The predicted octanol–water partition coefficient (Wildman–Crippen LogP) is 4.82. The van der Waals surface area contributed by atoms with E-state index < -0.39 is 28.4 Å². The first-order valence-corrected chi connectivity index (χ1v) is 14.7. The molecule has 0 rings (SSSR count). The normalized spacial score (nSPS) is 13.4. The molecule has 0 aromatic carbocycles. The minimum atomic E-state index is -2.30. The Balaban J connectivity index is 4.45. The van der Waals surface area contributed by atoms with E-state index in [0.29, 0.717) is 6.42 Å². The summed E-state index contributed by atoms with van der Waals surface area (Å²) in [5.41, 5.74) is 0. The van der Waals surface area contributed by atoms with E-state index >= 15 is 0 Å². The second-order valence-electron chi connectivity index (χ2n) is 9.66. The largest absolute Gasteiger partial charge is 0.519 e. The van der Waals surface area contributed by atoms with E-state index in [1.807, 2.05) is 47.0 Å². The molecule has 0 saturated heterocycles. The molecule has 0 atom stereocenters. The zero-order valence-electron chi connectivity index (χ0n) is 17.7. The zero-order valence-corrected chi connectivity index (χ0v) is 19.7. The first-order chi connectivity index (χ1) is 10.9. The highest BCUT2D eigenvalue weighted by molar-refractivity contribution is 6.76. The fraction of sp³-hybridized carbons (Fsp3) is 0.833. The van der Waals surface area contributed by atoms with Crippen molar-refractivity contribution in [2.24, 2.45) is 0 Å². The van der Waals surface area contributed by atoms with Crippen LogP contribution in [-0.4, -0.2) is 34.4 Å². The van der Waals surface area contributed by atoms with Gasteiger partial charge in [-0.3, -0.25) is 9.59 Å². The number of ketones is 1. The van der Waals surface area contributed by atoms with E-state index in [2.05, 4.69) is 20.8 Å². The van der Waals surface area contributed by atoms with Crippen LogP contribution >= 0.6 is 0 Å². The van der Waals surface area contributed by atoms with Crippen LogP contribution < -0.4 is 0 Å². The van der Waals surface area contributed by atoms with Crippen LogP contribution in [0.15, 0.2) is 0 Å². The summed E-state index contributed by atoms with van der Waals surface area (Å²) in [5, 5.41) is -0.193. The summed E-state index contributed by atoms with van der Waals surface area (Å²) in [6.07, 6.45) is 0.463. The van der Waals surface area contributed by atoms with Crippen molar-refractivity contribution in [2.45, 2.75) is 97.1 Å². The van der Waals surface area contributed by atoms with E-state index in [9.17, 15) is 14.4 Å². The fourth-order valence-corrected chi connectivity index (χ4v) is 3.29. The van der Waals surface area contributed by atoms with Gasteiger partial charge in [0.05, 0.1) is 0 Å². The third kappa shape index (κ3) is 7.44. The van der Waals surface area contributed by atoms with E-state index in [4.69, 9.17) is 8.85 Å². The maximum Gasteiger partial charge on any atom is 0.361 e. The van der Waals surface area contributed by atoms with Crippen LogP contribution in [0.5, 0.6) is 0 Å². The van der Waals surface area contributed by atoms with Gasteiger partial charge >= 0.3 is 5.97 Å². The second kappa shape index (κ2) is 8.16. The lowest BCUT2D eigenvalue weighted by atomic mass is 10.2. The molecule has 5 nitrogen and oxygen atoms in total. The van der Waals surface area contributed by atoms with Crippen LogP contribution in [0, 0.1) is 0 Å². The quantitative estimate of drug-likeness (QED) is 0.462. The lowest BCUT2D eigenvalue weighted by Crippen LogP contribution is -2.44. The fourth-order valence-electron chi connectivity index (χ4n) is 1.43. The van der Waals surface area contributed by atoms with Crippen molar-refractivity contribution in [3.05, 3.63) is 0 Å². The van der Waals surface area contributed by atoms with E-state index in [-0.39, 0.29) is 28.9 Å². The third-order valence-corrected chi connectivity index (χ3v) is 14.0. The Morgan fingerprint density at radius 2 is 1.12 bits per heavy atom. The molecule has 0 fully saturated rings. The highest BCUT2D eigenvalue weighted by Crippen LogP contribution is 2.37. The number of hydrogen-bond donors (Lipinski definition) is 0. The van der Waals surface area contributed by atoms with Gasteiger partial charge in [0.25, 0.3) is 22.6 Å². The summed E-state index contributed by atoms with van der Waals surface area (Å²) in [4.78, 5) is 36.0. The first kappa shape index (κ1) is 24.0. The van der Waals surface area contributed by atoms with E-state index in [1.54, 1.807) is 0 Å². The number of hydrogen-bond acceptors (Lipinski definition) is 5. The maximum absolute atomic E-state index is 12.0. The average Bonchev–Trinajstić information content (AvgIpc) is 2.34. The number of carbonyl (C=O) groups is 3. The summed E-state index contributed by atoms with van der Waals surface area (Å²) in [5.74, 6) is -1.63. The minimum Gasteiger partial charge on any atom is -0.519 e. The van der Waals surface area contributed by atoms with Gasteiger partial charge in [0.2, 0.25) is 5.78 Å². The topological polar surface area (TPSA) is 69.7 Å². The molecule has 0 radical (unpaired) electrons. The van der Waals surface area contributed by atoms with Crippen LogP contribution in [-0.2, 0) is 23.2 Å². The Morgan fingerprint density at radius 1 is 0.720 bits per heavy atom. The molecule has 146 valence electrons. The van der Waals surface area contributed by atoms with Crippen LogP contribution in [0.3, 0.4) is 0 Å². The molecule has 7 heteroatoms.